The van der Waals surface area contributed by atoms with Gasteiger partial charge in [-0.3, -0.25) is 0 Å². The van der Waals surface area contributed by atoms with Gasteiger partial charge in [0.1, 0.15) is 0 Å². The monoisotopic (exact) mass is 246 g/mol. The molecule has 0 bridgehead atoms. The summed E-state index contributed by atoms with van der Waals surface area (Å²) in [6.07, 6.45) is 0. The van der Waals surface area contributed by atoms with Crippen LogP contribution in [0, 0.1) is 20.8 Å². The minimum absolute atomic E-state index is 0.195. The number of aryl methyl sites for hydroxylation is 3. The topological polar surface area (TPSA) is 24.9 Å². The highest BCUT2D eigenvalue weighted by Gasteiger charge is 2.16. The molecule has 17 heavy (non-hydrogen) atoms. The van der Waals surface area contributed by atoms with Crippen molar-refractivity contribution in [1.29, 1.82) is 0 Å². The van der Waals surface area contributed by atoms with Crippen molar-refractivity contribution >= 4 is 11.3 Å². The molecule has 1 heterocycles. The van der Waals surface area contributed by atoms with Crippen molar-refractivity contribution in [2.45, 2.75) is 26.8 Å². The van der Waals surface area contributed by atoms with Crippen molar-refractivity contribution in [1.82, 2.24) is 10.3 Å². The molecule has 0 spiro atoms. The lowest BCUT2D eigenvalue weighted by Gasteiger charge is -2.17. The van der Waals surface area contributed by atoms with Crippen LogP contribution in [0.1, 0.15) is 33.4 Å². The number of benzene rings is 1. The molecule has 0 fully saturated rings. The van der Waals surface area contributed by atoms with Gasteiger partial charge < -0.3 is 5.32 Å². The smallest absolute Gasteiger partial charge is 0.0898 e. The summed E-state index contributed by atoms with van der Waals surface area (Å²) in [6.45, 7) is 6.33. The molecule has 0 aliphatic heterocycles. The van der Waals surface area contributed by atoms with Crippen LogP contribution in [0.25, 0.3) is 0 Å². The first kappa shape index (κ1) is 12.3. The zero-order valence-corrected chi connectivity index (χ0v) is 11.6. The molecule has 2 nitrogen and oxygen atoms in total. The summed E-state index contributed by atoms with van der Waals surface area (Å²) in [5.41, 5.74) is 5.04. The van der Waals surface area contributed by atoms with Gasteiger partial charge in [0.25, 0.3) is 0 Å². The first-order valence-electron chi connectivity index (χ1n) is 5.78. The van der Waals surface area contributed by atoms with E-state index < -0.39 is 0 Å². The normalized spacial score (nSPS) is 12.7. The van der Waals surface area contributed by atoms with Gasteiger partial charge in [0.2, 0.25) is 0 Å². The predicted octanol–water partition coefficient (Wildman–Crippen LogP) is 3.38. The fourth-order valence-electron chi connectivity index (χ4n) is 2.12. The predicted molar refractivity (Wildman–Crippen MR) is 73.7 cm³/mol. The Labute approximate surface area is 107 Å². The fourth-order valence-corrected chi connectivity index (χ4v) is 2.76. The number of nitrogens with one attached hydrogen (secondary N) is 1. The van der Waals surface area contributed by atoms with E-state index in [2.05, 4.69) is 47.7 Å². The van der Waals surface area contributed by atoms with E-state index in [4.69, 9.17) is 0 Å². The first-order chi connectivity index (χ1) is 8.11. The first-order valence-corrected chi connectivity index (χ1v) is 6.66. The fraction of sp³-hybridized carbons (Fsp3) is 0.357. The van der Waals surface area contributed by atoms with E-state index in [0.717, 1.165) is 10.7 Å². The Morgan fingerprint density at radius 1 is 1.24 bits per heavy atom. The van der Waals surface area contributed by atoms with Crippen molar-refractivity contribution in [3.05, 3.63) is 51.0 Å². The lowest BCUT2D eigenvalue weighted by atomic mass is 9.98. The van der Waals surface area contributed by atoms with E-state index in [-0.39, 0.29) is 6.04 Å². The highest BCUT2D eigenvalue weighted by Crippen LogP contribution is 2.26. The molecule has 0 aliphatic rings. The van der Waals surface area contributed by atoms with Crippen LogP contribution in [0.2, 0.25) is 0 Å². The van der Waals surface area contributed by atoms with Gasteiger partial charge in [-0.25, -0.2) is 4.98 Å². The molecule has 0 saturated carbocycles. The van der Waals surface area contributed by atoms with E-state index in [1.165, 1.54) is 16.7 Å². The van der Waals surface area contributed by atoms with Gasteiger partial charge in [-0.1, -0.05) is 23.8 Å². The summed E-state index contributed by atoms with van der Waals surface area (Å²) in [6, 6.07) is 6.77. The molecule has 0 saturated heterocycles. The Morgan fingerprint density at radius 3 is 2.53 bits per heavy atom. The molecule has 2 rings (SSSR count). The zero-order valence-electron chi connectivity index (χ0n) is 10.7. The maximum Gasteiger partial charge on any atom is 0.0898 e. The molecule has 1 N–H and O–H groups in total. The van der Waals surface area contributed by atoms with Crippen LogP contribution >= 0.6 is 11.3 Å². The molecule has 90 valence electrons. The Hall–Kier alpha value is -1.19. The van der Waals surface area contributed by atoms with Gasteiger partial charge in [-0.15, -0.1) is 11.3 Å². The van der Waals surface area contributed by atoms with Crippen molar-refractivity contribution < 1.29 is 0 Å². The molecule has 2 aromatic rings. The largest absolute Gasteiger partial charge is 0.308 e. The highest BCUT2D eigenvalue weighted by molar-refractivity contribution is 7.09. The van der Waals surface area contributed by atoms with E-state index in [0.29, 0.717) is 0 Å². The maximum absolute atomic E-state index is 4.58. The molecule has 1 unspecified atom stereocenters. The minimum Gasteiger partial charge on any atom is -0.308 e. The number of rotatable bonds is 3. The van der Waals surface area contributed by atoms with Crippen LogP contribution in [-0.2, 0) is 0 Å². The number of hydrogen-bond acceptors (Lipinski definition) is 3. The number of nitrogens with zero attached hydrogens (tertiary/aromatic N) is 1. The van der Waals surface area contributed by atoms with Gasteiger partial charge >= 0.3 is 0 Å². The number of thiazole rings is 1. The van der Waals surface area contributed by atoms with Crippen LogP contribution < -0.4 is 5.32 Å². The van der Waals surface area contributed by atoms with Gasteiger partial charge in [-0.05, 0) is 38.9 Å². The molecule has 0 amide bonds. The molecule has 1 atom stereocenters. The molecular formula is C14H18N2S. The average Bonchev–Trinajstić information content (AvgIpc) is 2.69. The highest BCUT2D eigenvalue weighted by atomic mass is 32.1. The maximum atomic E-state index is 4.58. The molecule has 3 heteroatoms. The lowest BCUT2D eigenvalue weighted by Crippen LogP contribution is -2.19. The van der Waals surface area contributed by atoms with Crippen LogP contribution in [0.4, 0.5) is 0 Å². The van der Waals surface area contributed by atoms with Crippen molar-refractivity contribution in [2.24, 2.45) is 0 Å². The summed E-state index contributed by atoms with van der Waals surface area (Å²) < 4.78 is 0. The minimum atomic E-state index is 0.195. The SMILES string of the molecule is CNC(c1csc(C)n1)c1ccc(C)cc1C. The van der Waals surface area contributed by atoms with Crippen molar-refractivity contribution in [2.75, 3.05) is 7.05 Å². The van der Waals surface area contributed by atoms with Gasteiger partial charge in [-0.2, -0.15) is 0 Å². The second-order valence-corrected chi connectivity index (χ2v) is 5.44. The molecule has 1 aromatic heterocycles. The lowest BCUT2D eigenvalue weighted by molar-refractivity contribution is 0.670. The van der Waals surface area contributed by atoms with Crippen LogP contribution in [0.5, 0.6) is 0 Å². The van der Waals surface area contributed by atoms with Crippen LogP contribution in [-0.4, -0.2) is 12.0 Å². The molecule has 0 radical (unpaired) electrons. The summed E-state index contributed by atoms with van der Waals surface area (Å²) >= 11 is 1.70. The quantitative estimate of drug-likeness (QED) is 0.898. The van der Waals surface area contributed by atoms with E-state index in [1.54, 1.807) is 11.3 Å². The Kier molecular flexibility index (Phi) is 3.60. The number of hydrogen-bond donors (Lipinski definition) is 1. The summed E-state index contributed by atoms with van der Waals surface area (Å²) in [7, 11) is 1.98. The Balaban J connectivity index is 2.42. The van der Waals surface area contributed by atoms with E-state index in [1.807, 2.05) is 14.0 Å². The molecule has 1 aromatic carbocycles. The van der Waals surface area contributed by atoms with Gasteiger partial charge in [0.05, 0.1) is 16.7 Å². The van der Waals surface area contributed by atoms with Crippen molar-refractivity contribution in [3.63, 3.8) is 0 Å². The van der Waals surface area contributed by atoms with Gasteiger partial charge in [0, 0.05) is 5.38 Å². The van der Waals surface area contributed by atoms with Gasteiger partial charge in [0.15, 0.2) is 0 Å². The molecular weight excluding hydrogens is 228 g/mol. The second-order valence-electron chi connectivity index (χ2n) is 4.37. The zero-order chi connectivity index (χ0) is 12.4. The second kappa shape index (κ2) is 4.98. The third-order valence-corrected chi connectivity index (χ3v) is 3.75. The third kappa shape index (κ3) is 2.56. The Bertz CT molecular complexity index is 517. The summed E-state index contributed by atoms with van der Waals surface area (Å²) in [5, 5.41) is 6.60. The average molecular weight is 246 g/mol. The summed E-state index contributed by atoms with van der Waals surface area (Å²) in [5.74, 6) is 0. The van der Waals surface area contributed by atoms with Crippen LogP contribution in [0.3, 0.4) is 0 Å². The van der Waals surface area contributed by atoms with E-state index in [9.17, 15) is 0 Å². The van der Waals surface area contributed by atoms with Crippen molar-refractivity contribution in [3.8, 4) is 0 Å². The molecule has 0 aliphatic carbocycles. The van der Waals surface area contributed by atoms with Crippen LogP contribution in [0.15, 0.2) is 23.6 Å². The third-order valence-electron chi connectivity index (χ3n) is 2.96. The summed E-state index contributed by atoms with van der Waals surface area (Å²) in [4.78, 5) is 4.58. The number of aromatic nitrogens is 1. The standard InChI is InChI=1S/C14H18N2S/c1-9-5-6-12(10(2)7-9)14(15-4)13-8-17-11(3)16-13/h5-8,14-15H,1-4H3. The van der Waals surface area contributed by atoms with E-state index >= 15 is 0 Å². The Morgan fingerprint density at radius 2 is 2.00 bits per heavy atom.